The maximum absolute atomic E-state index is 13.5. The molecule has 1 aromatic carbocycles. The molecule has 0 aliphatic rings. The van der Waals surface area contributed by atoms with Crippen LogP contribution in [0.3, 0.4) is 0 Å². The minimum absolute atomic E-state index is 0.0579. The average Bonchev–Trinajstić information content (AvgIpc) is 2.30. The van der Waals surface area contributed by atoms with Crippen molar-refractivity contribution >= 4 is 0 Å². The lowest BCUT2D eigenvalue weighted by molar-refractivity contribution is -0.139. The lowest BCUT2D eigenvalue weighted by Gasteiger charge is -2.27. The van der Waals surface area contributed by atoms with Crippen LogP contribution in [0.1, 0.15) is 18.9 Å². The molecular formula is C13H18F2O3. The van der Waals surface area contributed by atoms with Crippen LogP contribution in [0.15, 0.2) is 18.2 Å². The third-order valence-corrected chi connectivity index (χ3v) is 2.72. The number of ether oxygens (including phenoxy) is 2. The number of halogens is 2. The highest BCUT2D eigenvalue weighted by molar-refractivity contribution is 5.20. The number of benzene rings is 1. The first-order valence-corrected chi connectivity index (χ1v) is 5.60. The van der Waals surface area contributed by atoms with Crippen molar-refractivity contribution in [1.82, 2.24) is 0 Å². The predicted molar refractivity (Wildman–Crippen MR) is 63.1 cm³/mol. The molecule has 3 nitrogen and oxygen atoms in total. The zero-order chi connectivity index (χ0) is 13.8. The molecule has 1 aromatic rings. The van der Waals surface area contributed by atoms with Crippen molar-refractivity contribution in [2.45, 2.75) is 31.7 Å². The Morgan fingerprint density at radius 1 is 1.28 bits per heavy atom. The summed E-state index contributed by atoms with van der Waals surface area (Å²) in [5, 5.41) is 10.2. The third-order valence-electron chi connectivity index (χ3n) is 2.72. The first-order valence-electron chi connectivity index (χ1n) is 5.60. The molecule has 0 saturated heterocycles. The van der Waals surface area contributed by atoms with Crippen molar-refractivity contribution in [3.63, 3.8) is 0 Å². The molecule has 0 saturated carbocycles. The molecule has 0 aliphatic carbocycles. The van der Waals surface area contributed by atoms with Gasteiger partial charge in [0.05, 0.1) is 5.60 Å². The summed E-state index contributed by atoms with van der Waals surface area (Å²) in [7, 11) is 2.92. The summed E-state index contributed by atoms with van der Waals surface area (Å²) in [4.78, 5) is 0. The summed E-state index contributed by atoms with van der Waals surface area (Å²) in [6, 6.07) is 3.29. The van der Waals surface area contributed by atoms with Gasteiger partial charge in [-0.2, -0.15) is 0 Å². The van der Waals surface area contributed by atoms with Crippen LogP contribution < -0.4 is 0 Å². The first kappa shape index (κ1) is 15.0. The van der Waals surface area contributed by atoms with Gasteiger partial charge in [0, 0.05) is 33.1 Å². The molecule has 0 spiro atoms. The molecule has 1 N–H and O–H groups in total. The fourth-order valence-corrected chi connectivity index (χ4v) is 1.77. The molecule has 0 fully saturated rings. The van der Waals surface area contributed by atoms with E-state index < -0.39 is 23.5 Å². The molecule has 0 heterocycles. The number of hydrogen-bond acceptors (Lipinski definition) is 3. The highest BCUT2D eigenvalue weighted by Gasteiger charge is 2.27. The summed E-state index contributed by atoms with van der Waals surface area (Å²) in [6.07, 6.45) is -0.317. The highest BCUT2D eigenvalue weighted by atomic mass is 19.1. The summed E-state index contributed by atoms with van der Waals surface area (Å²) < 4.78 is 36.2. The minimum Gasteiger partial charge on any atom is -0.390 e. The standard InChI is InChI=1S/C13H18F2O3/c1-13(16,8-12(17-2)18-3)7-9-4-5-10(14)6-11(9)15/h4-6,12,16H,7-8H2,1-3H3. The first-order chi connectivity index (χ1) is 8.38. The zero-order valence-electron chi connectivity index (χ0n) is 10.7. The van der Waals surface area contributed by atoms with Crippen molar-refractivity contribution < 1.29 is 23.4 Å². The highest BCUT2D eigenvalue weighted by Crippen LogP contribution is 2.22. The maximum atomic E-state index is 13.5. The number of hydrogen-bond donors (Lipinski definition) is 1. The van der Waals surface area contributed by atoms with Gasteiger partial charge >= 0.3 is 0 Å². The Balaban J connectivity index is 2.75. The van der Waals surface area contributed by atoms with Crippen LogP contribution in [0.25, 0.3) is 0 Å². The predicted octanol–water partition coefficient (Wildman–Crippen LogP) is 2.27. The van der Waals surface area contributed by atoms with Crippen LogP contribution in [-0.2, 0) is 15.9 Å². The van der Waals surface area contributed by atoms with E-state index in [1.54, 1.807) is 6.92 Å². The molecule has 0 aliphatic heterocycles. The van der Waals surface area contributed by atoms with Crippen LogP contribution in [0, 0.1) is 11.6 Å². The molecular weight excluding hydrogens is 242 g/mol. The Kier molecular flexibility index (Phi) is 5.19. The largest absolute Gasteiger partial charge is 0.390 e. The van der Waals surface area contributed by atoms with Crippen molar-refractivity contribution in [1.29, 1.82) is 0 Å². The molecule has 0 radical (unpaired) electrons. The molecule has 1 atom stereocenters. The van der Waals surface area contributed by atoms with Gasteiger partial charge in [-0.3, -0.25) is 0 Å². The van der Waals surface area contributed by atoms with Gasteiger partial charge in [0.1, 0.15) is 11.6 Å². The van der Waals surface area contributed by atoms with E-state index in [2.05, 4.69) is 0 Å². The smallest absolute Gasteiger partial charge is 0.159 e. The lowest BCUT2D eigenvalue weighted by Crippen LogP contribution is -2.34. The number of rotatable bonds is 6. The number of aliphatic hydroxyl groups is 1. The van der Waals surface area contributed by atoms with E-state index in [0.29, 0.717) is 0 Å². The molecule has 0 amide bonds. The molecule has 18 heavy (non-hydrogen) atoms. The fourth-order valence-electron chi connectivity index (χ4n) is 1.77. The van der Waals surface area contributed by atoms with Gasteiger partial charge < -0.3 is 14.6 Å². The van der Waals surface area contributed by atoms with Gasteiger partial charge in [0.15, 0.2) is 6.29 Å². The second-order valence-electron chi connectivity index (χ2n) is 4.51. The van der Waals surface area contributed by atoms with Gasteiger partial charge in [-0.05, 0) is 18.6 Å². The SMILES string of the molecule is COC(CC(C)(O)Cc1ccc(F)cc1F)OC. The average molecular weight is 260 g/mol. The van der Waals surface area contributed by atoms with Crippen molar-refractivity contribution in [2.24, 2.45) is 0 Å². The fraction of sp³-hybridized carbons (Fsp3) is 0.538. The molecule has 5 heteroatoms. The van der Waals surface area contributed by atoms with Crippen LogP contribution >= 0.6 is 0 Å². The second kappa shape index (κ2) is 6.22. The normalized spacial score (nSPS) is 14.8. The van der Waals surface area contributed by atoms with Crippen molar-refractivity contribution in [3.8, 4) is 0 Å². The second-order valence-corrected chi connectivity index (χ2v) is 4.51. The van der Waals surface area contributed by atoms with E-state index in [4.69, 9.17) is 9.47 Å². The molecule has 1 unspecified atom stereocenters. The summed E-state index contributed by atoms with van der Waals surface area (Å²) in [5.41, 5.74) is -0.942. The quantitative estimate of drug-likeness (QED) is 0.797. The topological polar surface area (TPSA) is 38.7 Å². The maximum Gasteiger partial charge on any atom is 0.159 e. The molecule has 1 rings (SSSR count). The van der Waals surface area contributed by atoms with Gasteiger partial charge in [0.2, 0.25) is 0 Å². The van der Waals surface area contributed by atoms with Crippen LogP contribution in [-0.4, -0.2) is 31.2 Å². The molecule has 102 valence electrons. The summed E-state index contributed by atoms with van der Waals surface area (Å²) >= 11 is 0. The molecule has 0 aromatic heterocycles. The van der Waals surface area contributed by atoms with E-state index in [9.17, 15) is 13.9 Å². The summed E-state index contributed by atoms with van der Waals surface area (Å²) in [6.45, 7) is 1.56. The Morgan fingerprint density at radius 3 is 2.39 bits per heavy atom. The van der Waals surface area contributed by atoms with E-state index >= 15 is 0 Å². The van der Waals surface area contributed by atoms with Crippen LogP contribution in [0.4, 0.5) is 8.78 Å². The van der Waals surface area contributed by atoms with Gasteiger partial charge in [0.25, 0.3) is 0 Å². The Hall–Kier alpha value is -1.04. The van der Waals surface area contributed by atoms with E-state index in [1.165, 1.54) is 26.4 Å². The van der Waals surface area contributed by atoms with E-state index in [-0.39, 0.29) is 18.4 Å². The van der Waals surface area contributed by atoms with Gasteiger partial charge in [-0.25, -0.2) is 8.78 Å². The zero-order valence-corrected chi connectivity index (χ0v) is 10.7. The summed E-state index contributed by atoms with van der Waals surface area (Å²) in [5.74, 6) is -1.30. The Morgan fingerprint density at radius 2 is 1.89 bits per heavy atom. The molecule has 0 bridgehead atoms. The number of methoxy groups -OCH3 is 2. The van der Waals surface area contributed by atoms with Gasteiger partial charge in [-0.15, -0.1) is 0 Å². The monoisotopic (exact) mass is 260 g/mol. The van der Waals surface area contributed by atoms with Crippen molar-refractivity contribution in [2.75, 3.05) is 14.2 Å². The van der Waals surface area contributed by atoms with Crippen molar-refractivity contribution in [3.05, 3.63) is 35.4 Å². The van der Waals surface area contributed by atoms with Gasteiger partial charge in [-0.1, -0.05) is 6.07 Å². The minimum atomic E-state index is -1.20. The Labute approximate surface area is 105 Å². The third kappa shape index (κ3) is 4.33. The van der Waals surface area contributed by atoms with E-state index in [0.717, 1.165) is 6.07 Å². The van der Waals surface area contributed by atoms with Crippen LogP contribution in [0.2, 0.25) is 0 Å². The van der Waals surface area contributed by atoms with E-state index in [1.807, 2.05) is 0 Å². The van der Waals surface area contributed by atoms with Crippen LogP contribution in [0.5, 0.6) is 0 Å². The lowest BCUT2D eigenvalue weighted by atomic mass is 9.92. The Bertz CT molecular complexity index is 390.